The lowest BCUT2D eigenvalue weighted by Crippen LogP contribution is -2.20. The van der Waals surface area contributed by atoms with Gasteiger partial charge in [0.2, 0.25) is 0 Å². The molecular formula is C18H15ClN2O3S2. The number of hydrogen-bond acceptors (Lipinski definition) is 6. The van der Waals surface area contributed by atoms with Crippen molar-refractivity contribution in [2.75, 3.05) is 11.9 Å². The molecule has 1 amide bonds. The number of ketones is 1. The number of benzene rings is 1. The first kappa shape index (κ1) is 18.6. The molecule has 3 rings (SSSR count). The van der Waals surface area contributed by atoms with Crippen LogP contribution in [0, 0.1) is 0 Å². The smallest absolute Gasteiger partial charge is 0.264 e. The van der Waals surface area contributed by atoms with E-state index in [0.717, 1.165) is 10.6 Å². The Bertz CT molecular complexity index is 919. The zero-order chi connectivity index (χ0) is 18.5. The van der Waals surface area contributed by atoms with Crippen LogP contribution in [0.5, 0.6) is 5.75 Å². The van der Waals surface area contributed by atoms with Crippen LogP contribution in [0.25, 0.3) is 10.6 Å². The minimum Gasteiger partial charge on any atom is -0.484 e. The van der Waals surface area contributed by atoms with Crippen molar-refractivity contribution in [1.29, 1.82) is 0 Å². The molecule has 8 heteroatoms. The summed E-state index contributed by atoms with van der Waals surface area (Å²) in [5.41, 5.74) is 1.41. The van der Waals surface area contributed by atoms with Crippen LogP contribution in [-0.4, -0.2) is 23.3 Å². The lowest BCUT2D eigenvalue weighted by Gasteiger charge is -2.06. The molecule has 0 spiro atoms. The van der Waals surface area contributed by atoms with Gasteiger partial charge in [0.15, 0.2) is 17.5 Å². The summed E-state index contributed by atoms with van der Waals surface area (Å²) in [5, 5.41) is 5.07. The number of anilines is 1. The summed E-state index contributed by atoms with van der Waals surface area (Å²) in [6.45, 7) is 1.68. The number of rotatable bonds is 7. The van der Waals surface area contributed by atoms with Gasteiger partial charge in [0.05, 0.1) is 14.9 Å². The molecule has 1 aromatic carbocycles. The average molecular weight is 407 g/mol. The monoisotopic (exact) mass is 406 g/mol. The van der Waals surface area contributed by atoms with Gasteiger partial charge in [-0.1, -0.05) is 18.5 Å². The molecule has 0 radical (unpaired) electrons. The third kappa shape index (κ3) is 4.69. The molecule has 0 atom stereocenters. The summed E-state index contributed by atoms with van der Waals surface area (Å²) < 4.78 is 6.13. The molecule has 2 aromatic heterocycles. The quantitative estimate of drug-likeness (QED) is 0.552. The van der Waals surface area contributed by atoms with E-state index in [-0.39, 0.29) is 18.3 Å². The first-order valence-corrected chi connectivity index (χ1v) is 9.89. The van der Waals surface area contributed by atoms with Gasteiger partial charge >= 0.3 is 0 Å². The summed E-state index contributed by atoms with van der Waals surface area (Å²) in [5.74, 6) is 0.297. The fraction of sp³-hybridized carbons (Fsp3) is 0.167. The number of hydrogen-bond donors (Lipinski definition) is 1. The maximum Gasteiger partial charge on any atom is 0.264 e. The van der Waals surface area contributed by atoms with Crippen molar-refractivity contribution in [3.05, 3.63) is 51.7 Å². The second kappa shape index (κ2) is 8.44. The van der Waals surface area contributed by atoms with E-state index in [1.807, 2.05) is 24.4 Å². The molecule has 0 saturated heterocycles. The standard InChI is InChI=1S/C18H15ClN2O3S2/c1-2-14(22)11-3-5-12(6-4-11)24-9-17(23)21-18-20-13(10-25-18)15-7-8-16(19)26-15/h3-8,10H,2,9H2,1H3,(H,20,21,23). The van der Waals surface area contributed by atoms with E-state index in [1.165, 1.54) is 22.7 Å². The van der Waals surface area contributed by atoms with Gasteiger partial charge in [-0.2, -0.15) is 0 Å². The molecule has 26 heavy (non-hydrogen) atoms. The van der Waals surface area contributed by atoms with Crippen molar-refractivity contribution >= 4 is 51.1 Å². The Labute approximate surface area is 163 Å². The number of nitrogens with zero attached hydrogens (tertiary/aromatic N) is 1. The Morgan fingerprint density at radius 3 is 2.62 bits per heavy atom. The van der Waals surface area contributed by atoms with Crippen LogP contribution in [0.4, 0.5) is 5.13 Å². The highest BCUT2D eigenvalue weighted by atomic mass is 35.5. The molecule has 0 aliphatic heterocycles. The molecule has 0 bridgehead atoms. The Balaban J connectivity index is 1.53. The molecule has 0 aliphatic rings. The third-order valence-corrected chi connectivity index (χ3v) is 5.45. The van der Waals surface area contributed by atoms with Crippen molar-refractivity contribution in [2.45, 2.75) is 13.3 Å². The summed E-state index contributed by atoms with van der Waals surface area (Å²) in [6, 6.07) is 10.4. The van der Waals surface area contributed by atoms with Crippen molar-refractivity contribution < 1.29 is 14.3 Å². The molecule has 0 fully saturated rings. The van der Waals surface area contributed by atoms with Gasteiger partial charge in [0.1, 0.15) is 5.75 Å². The van der Waals surface area contributed by atoms with E-state index in [2.05, 4.69) is 10.3 Å². The largest absolute Gasteiger partial charge is 0.484 e. The Morgan fingerprint density at radius 1 is 1.19 bits per heavy atom. The first-order valence-electron chi connectivity index (χ1n) is 7.82. The molecule has 0 saturated carbocycles. The first-order chi connectivity index (χ1) is 12.5. The third-order valence-electron chi connectivity index (χ3n) is 3.44. The Kier molecular flexibility index (Phi) is 6.03. The molecule has 0 aliphatic carbocycles. The number of halogens is 1. The van der Waals surface area contributed by atoms with E-state index in [4.69, 9.17) is 16.3 Å². The number of amides is 1. The zero-order valence-electron chi connectivity index (χ0n) is 13.8. The number of thiophene rings is 1. The van der Waals surface area contributed by atoms with Gasteiger partial charge < -0.3 is 4.74 Å². The summed E-state index contributed by atoms with van der Waals surface area (Å²) in [7, 11) is 0. The highest BCUT2D eigenvalue weighted by Crippen LogP contribution is 2.32. The van der Waals surface area contributed by atoms with Crippen LogP contribution < -0.4 is 10.1 Å². The number of carbonyl (C=O) groups is 2. The molecule has 2 heterocycles. The number of aromatic nitrogens is 1. The van der Waals surface area contributed by atoms with Crippen LogP contribution >= 0.6 is 34.3 Å². The van der Waals surface area contributed by atoms with Crippen molar-refractivity contribution in [3.63, 3.8) is 0 Å². The second-order valence-electron chi connectivity index (χ2n) is 5.28. The molecule has 5 nitrogen and oxygen atoms in total. The van der Waals surface area contributed by atoms with Crippen molar-refractivity contribution in [3.8, 4) is 16.3 Å². The van der Waals surface area contributed by atoms with Crippen molar-refractivity contribution in [2.24, 2.45) is 0 Å². The van der Waals surface area contributed by atoms with E-state index in [1.54, 1.807) is 24.3 Å². The molecule has 1 N–H and O–H groups in total. The Hall–Kier alpha value is -2.22. The molecule has 3 aromatic rings. The maximum absolute atomic E-state index is 12.0. The van der Waals surface area contributed by atoms with Crippen LogP contribution in [0.1, 0.15) is 23.7 Å². The van der Waals surface area contributed by atoms with Gasteiger partial charge in [-0.05, 0) is 36.4 Å². The minimum absolute atomic E-state index is 0.0703. The van der Waals surface area contributed by atoms with E-state index in [0.29, 0.717) is 27.2 Å². The lowest BCUT2D eigenvalue weighted by molar-refractivity contribution is -0.118. The Morgan fingerprint density at radius 2 is 1.96 bits per heavy atom. The van der Waals surface area contributed by atoms with Crippen LogP contribution in [0.15, 0.2) is 41.8 Å². The molecular weight excluding hydrogens is 392 g/mol. The summed E-state index contributed by atoms with van der Waals surface area (Å²) in [4.78, 5) is 28.9. The number of nitrogens with one attached hydrogen (secondary N) is 1. The lowest BCUT2D eigenvalue weighted by atomic mass is 10.1. The maximum atomic E-state index is 12.0. The van der Waals surface area contributed by atoms with E-state index >= 15 is 0 Å². The van der Waals surface area contributed by atoms with Crippen molar-refractivity contribution in [1.82, 2.24) is 4.98 Å². The van der Waals surface area contributed by atoms with E-state index < -0.39 is 0 Å². The normalized spacial score (nSPS) is 10.5. The molecule has 134 valence electrons. The highest BCUT2D eigenvalue weighted by molar-refractivity contribution is 7.20. The van der Waals surface area contributed by atoms with Gasteiger partial charge in [0, 0.05) is 17.4 Å². The predicted molar refractivity (Wildman–Crippen MR) is 106 cm³/mol. The minimum atomic E-state index is -0.302. The predicted octanol–water partition coefficient (Wildman–Crippen LogP) is 5.14. The van der Waals surface area contributed by atoms with Gasteiger partial charge in [-0.3, -0.25) is 14.9 Å². The average Bonchev–Trinajstić information content (AvgIpc) is 3.28. The number of carbonyl (C=O) groups excluding carboxylic acids is 2. The molecule has 0 unspecified atom stereocenters. The fourth-order valence-electron chi connectivity index (χ4n) is 2.14. The van der Waals surface area contributed by atoms with Crippen LogP contribution in [0.2, 0.25) is 4.34 Å². The summed E-state index contributed by atoms with van der Waals surface area (Å²) in [6.07, 6.45) is 0.454. The highest BCUT2D eigenvalue weighted by Gasteiger charge is 2.10. The summed E-state index contributed by atoms with van der Waals surface area (Å²) >= 11 is 8.70. The van der Waals surface area contributed by atoms with Crippen LogP contribution in [0.3, 0.4) is 0 Å². The van der Waals surface area contributed by atoms with E-state index in [9.17, 15) is 9.59 Å². The second-order valence-corrected chi connectivity index (χ2v) is 7.85. The van der Waals surface area contributed by atoms with Gasteiger partial charge in [-0.15, -0.1) is 22.7 Å². The van der Waals surface area contributed by atoms with Crippen LogP contribution in [-0.2, 0) is 4.79 Å². The topological polar surface area (TPSA) is 68.3 Å². The fourth-order valence-corrected chi connectivity index (χ4v) is 3.95. The van der Waals surface area contributed by atoms with Gasteiger partial charge in [-0.25, -0.2) is 4.98 Å². The van der Waals surface area contributed by atoms with Gasteiger partial charge in [0.25, 0.3) is 5.91 Å². The number of thiazole rings is 1. The zero-order valence-corrected chi connectivity index (χ0v) is 16.2. The SMILES string of the molecule is CCC(=O)c1ccc(OCC(=O)Nc2nc(-c3ccc(Cl)s3)cs2)cc1. The number of Topliss-reactive ketones (excluding diaryl/α,β-unsaturated/α-hetero) is 1. The number of ether oxygens (including phenoxy) is 1.